The maximum Gasteiger partial charge on any atom is 0.288 e. The summed E-state index contributed by atoms with van der Waals surface area (Å²) in [6, 6.07) is 5.52. The van der Waals surface area contributed by atoms with Gasteiger partial charge in [0, 0.05) is 17.1 Å². The molecule has 2 aromatic rings. The minimum absolute atomic E-state index is 0.261. The molecule has 0 saturated carbocycles. The van der Waals surface area contributed by atoms with Gasteiger partial charge in [-0.2, -0.15) is 0 Å². The van der Waals surface area contributed by atoms with E-state index >= 15 is 0 Å². The van der Waals surface area contributed by atoms with Crippen LogP contribution in [0.25, 0.3) is 10.1 Å². The van der Waals surface area contributed by atoms with Crippen LogP contribution in [-0.2, 0) is 4.84 Å². The predicted molar refractivity (Wildman–Crippen MR) is 72.5 cm³/mol. The SMILES string of the molecule is COc1ccc2c(Cl)c(C(=O)N(C)OC)sc2c1. The van der Waals surface area contributed by atoms with Gasteiger partial charge in [-0.25, -0.2) is 5.06 Å². The van der Waals surface area contributed by atoms with E-state index in [4.69, 9.17) is 21.2 Å². The summed E-state index contributed by atoms with van der Waals surface area (Å²) in [5.74, 6) is 0.474. The van der Waals surface area contributed by atoms with Crippen molar-refractivity contribution >= 4 is 38.9 Å². The fourth-order valence-electron chi connectivity index (χ4n) is 1.54. The van der Waals surface area contributed by atoms with Gasteiger partial charge >= 0.3 is 0 Å². The summed E-state index contributed by atoms with van der Waals surface area (Å²) < 4.78 is 6.05. The van der Waals surface area contributed by atoms with Gasteiger partial charge in [0.05, 0.1) is 19.2 Å². The van der Waals surface area contributed by atoms with Crippen LogP contribution in [0.5, 0.6) is 5.75 Å². The Morgan fingerprint density at radius 2 is 2.11 bits per heavy atom. The summed E-state index contributed by atoms with van der Waals surface area (Å²) in [7, 11) is 4.58. The van der Waals surface area contributed by atoms with Gasteiger partial charge in [-0.05, 0) is 18.2 Å². The molecule has 2 rings (SSSR count). The standard InChI is InChI=1S/C12H12ClNO3S/c1-14(17-3)12(15)11-10(13)8-5-4-7(16-2)6-9(8)18-11/h4-6H,1-3H3. The number of amides is 1. The zero-order valence-corrected chi connectivity index (χ0v) is 11.8. The first-order valence-electron chi connectivity index (χ1n) is 5.16. The zero-order valence-electron chi connectivity index (χ0n) is 10.2. The number of thiophene rings is 1. The largest absolute Gasteiger partial charge is 0.497 e. The van der Waals surface area contributed by atoms with Gasteiger partial charge in [0.25, 0.3) is 5.91 Å². The van der Waals surface area contributed by atoms with Crippen molar-refractivity contribution in [2.24, 2.45) is 0 Å². The number of fused-ring (bicyclic) bond motifs is 1. The molecule has 1 aromatic heterocycles. The smallest absolute Gasteiger partial charge is 0.288 e. The van der Waals surface area contributed by atoms with Crippen LogP contribution >= 0.6 is 22.9 Å². The lowest BCUT2D eigenvalue weighted by Crippen LogP contribution is -2.24. The topological polar surface area (TPSA) is 38.8 Å². The predicted octanol–water partition coefficient (Wildman–Crippen LogP) is 3.20. The molecule has 0 atom stereocenters. The molecule has 4 nitrogen and oxygen atoms in total. The Morgan fingerprint density at radius 3 is 2.72 bits per heavy atom. The van der Waals surface area contributed by atoms with E-state index in [-0.39, 0.29) is 5.91 Å². The second-order valence-corrected chi connectivity index (χ2v) is 5.02. The van der Waals surface area contributed by atoms with Crippen molar-refractivity contribution in [1.29, 1.82) is 0 Å². The first-order chi connectivity index (χ1) is 8.58. The zero-order chi connectivity index (χ0) is 13.3. The number of halogens is 1. The lowest BCUT2D eigenvalue weighted by molar-refractivity contribution is -0.0753. The van der Waals surface area contributed by atoms with Gasteiger partial charge in [-0.1, -0.05) is 11.6 Å². The number of rotatable bonds is 3. The van der Waals surface area contributed by atoms with Crippen molar-refractivity contribution in [1.82, 2.24) is 5.06 Å². The maximum absolute atomic E-state index is 12.0. The molecule has 0 aliphatic heterocycles. The molecule has 18 heavy (non-hydrogen) atoms. The number of ether oxygens (including phenoxy) is 1. The van der Waals surface area contributed by atoms with Crippen LogP contribution in [0.3, 0.4) is 0 Å². The third kappa shape index (κ3) is 2.16. The highest BCUT2D eigenvalue weighted by Crippen LogP contribution is 2.37. The van der Waals surface area contributed by atoms with Crippen molar-refractivity contribution in [3.05, 3.63) is 28.1 Å². The highest BCUT2D eigenvalue weighted by molar-refractivity contribution is 7.21. The summed E-state index contributed by atoms with van der Waals surface area (Å²) >= 11 is 7.54. The average molecular weight is 286 g/mol. The summed E-state index contributed by atoms with van der Waals surface area (Å²) in [5, 5.41) is 2.44. The van der Waals surface area contributed by atoms with E-state index in [9.17, 15) is 4.79 Å². The van der Waals surface area contributed by atoms with Crippen LogP contribution in [0.2, 0.25) is 5.02 Å². The van der Waals surface area contributed by atoms with Crippen LogP contribution in [0.1, 0.15) is 9.67 Å². The molecule has 6 heteroatoms. The maximum atomic E-state index is 12.0. The number of hydrogen-bond acceptors (Lipinski definition) is 4. The van der Waals surface area contributed by atoms with Gasteiger partial charge in [0.15, 0.2) is 0 Å². The van der Waals surface area contributed by atoms with Crippen molar-refractivity contribution in [2.45, 2.75) is 0 Å². The molecule has 0 spiro atoms. The van der Waals surface area contributed by atoms with Gasteiger partial charge < -0.3 is 4.74 Å². The molecule has 0 saturated heterocycles. The average Bonchev–Trinajstić information content (AvgIpc) is 2.73. The normalized spacial score (nSPS) is 10.7. The lowest BCUT2D eigenvalue weighted by atomic mass is 10.2. The van der Waals surface area contributed by atoms with Crippen molar-refractivity contribution < 1.29 is 14.4 Å². The minimum atomic E-state index is -0.261. The third-order valence-electron chi connectivity index (χ3n) is 2.59. The Hall–Kier alpha value is -1.30. The molecule has 1 aromatic carbocycles. The number of methoxy groups -OCH3 is 1. The Labute approximate surface area is 114 Å². The molecule has 96 valence electrons. The monoisotopic (exact) mass is 285 g/mol. The molecule has 0 aliphatic carbocycles. The van der Waals surface area contributed by atoms with E-state index in [1.165, 1.54) is 18.4 Å². The molecule has 0 N–H and O–H groups in total. The van der Waals surface area contributed by atoms with Gasteiger partial charge in [0.2, 0.25) is 0 Å². The van der Waals surface area contributed by atoms with Gasteiger partial charge in [-0.15, -0.1) is 11.3 Å². The first kappa shape index (κ1) is 13.1. The van der Waals surface area contributed by atoms with E-state index < -0.39 is 0 Å². The van der Waals surface area contributed by atoms with Crippen LogP contribution in [0, 0.1) is 0 Å². The van der Waals surface area contributed by atoms with E-state index in [1.807, 2.05) is 18.2 Å². The van der Waals surface area contributed by atoms with E-state index in [2.05, 4.69) is 0 Å². The fourth-order valence-corrected chi connectivity index (χ4v) is 3.04. The molecule has 0 bridgehead atoms. The molecule has 0 unspecified atom stereocenters. The Balaban J connectivity index is 2.53. The molecule has 1 heterocycles. The number of nitrogens with zero attached hydrogens (tertiary/aromatic N) is 1. The van der Waals surface area contributed by atoms with Crippen LogP contribution in [0.4, 0.5) is 0 Å². The third-order valence-corrected chi connectivity index (χ3v) is 4.24. The quantitative estimate of drug-likeness (QED) is 0.813. The summed E-state index contributed by atoms with van der Waals surface area (Å²) in [5.41, 5.74) is 0. The van der Waals surface area contributed by atoms with E-state index in [1.54, 1.807) is 14.2 Å². The van der Waals surface area contributed by atoms with Gasteiger partial charge in [-0.3, -0.25) is 9.63 Å². The van der Waals surface area contributed by atoms with Crippen molar-refractivity contribution in [3.63, 3.8) is 0 Å². The molecule has 0 radical (unpaired) electrons. The van der Waals surface area contributed by atoms with Crippen LogP contribution < -0.4 is 4.74 Å². The Bertz CT molecular complexity index is 596. The second kappa shape index (κ2) is 5.14. The van der Waals surface area contributed by atoms with E-state index in [0.29, 0.717) is 9.90 Å². The van der Waals surface area contributed by atoms with Crippen molar-refractivity contribution in [3.8, 4) is 5.75 Å². The molecule has 1 amide bonds. The fraction of sp³-hybridized carbons (Fsp3) is 0.250. The van der Waals surface area contributed by atoms with Crippen molar-refractivity contribution in [2.75, 3.05) is 21.3 Å². The summed E-state index contributed by atoms with van der Waals surface area (Å²) in [6.07, 6.45) is 0. The first-order valence-corrected chi connectivity index (χ1v) is 6.36. The molecule has 0 aliphatic rings. The highest BCUT2D eigenvalue weighted by Gasteiger charge is 2.20. The Morgan fingerprint density at radius 1 is 1.39 bits per heavy atom. The molecular weight excluding hydrogens is 274 g/mol. The van der Waals surface area contributed by atoms with E-state index in [0.717, 1.165) is 20.9 Å². The number of carbonyl (C=O) groups is 1. The highest BCUT2D eigenvalue weighted by atomic mass is 35.5. The number of hydrogen-bond donors (Lipinski definition) is 0. The molecular formula is C12H12ClNO3S. The van der Waals surface area contributed by atoms with Crippen LogP contribution in [-0.4, -0.2) is 32.2 Å². The molecule has 0 fully saturated rings. The number of hydroxylamine groups is 2. The second-order valence-electron chi connectivity index (χ2n) is 3.59. The van der Waals surface area contributed by atoms with Gasteiger partial charge in [0.1, 0.15) is 10.6 Å². The minimum Gasteiger partial charge on any atom is -0.497 e. The van der Waals surface area contributed by atoms with Crippen LogP contribution in [0.15, 0.2) is 18.2 Å². The summed E-state index contributed by atoms with van der Waals surface area (Å²) in [6.45, 7) is 0. The Kier molecular flexibility index (Phi) is 3.75. The number of carbonyl (C=O) groups excluding carboxylic acids is 1. The summed E-state index contributed by atoms with van der Waals surface area (Å²) in [4.78, 5) is 17.3. The lowest BCUT2D eigenvalue weighted by Gasteiger charge is -2.12. The number of benzene rings is 1.